The van der Waals surface area contributed by atoms with Gasteiger partial charge in [-0.2, -0.15) is 0 Å². The van der Waals surface area contributed by atoms with Crippen LogP contribution in [-0.2, 0) is 19.2 Å². The number of carbonyl (C=O) groups excluding carboxylic acids is 4. The van der Waals surface area contributed by atoms with Gasteiger partial charge in [0.25, 0.3) is 0 Å². The van der Waals surface area contributed by atoms with Crippen LogP contribution in [0.25, 0.3) is 0 Å². The Morgan fingerprint density at radius 2 is 1.29 bits per heavy atom. The van der Waals surface area contributed by atoms with Gasteiger partial charge in [0.05, 0.1) is 0 Å². The topological polar surface area (TPSA) is 74.8 Å². The van der Waals surface area contributed by atoms with Crippen LogP contribution in [0.5, 0.6) is 0 Å². The molecule has 0 aromatic rings. The fraction of sp³-hybridized carbons (Fsp3) is 0.778. The number of imide groups is 2. The summed E-state index contributed by atoms with van der Waals surface area (Å²) in [6.45, 7) is 6.10. The summed E-state index contributed by atoms with van der Waals surface area (Å²) in [6.07, 6.45) is 4.67. The fourth-order valence-electron chi connectivity index (χ4n) is 4.26. The molecule has 2 rings (SSSR count). The first-order chi connectivity index (χ1) is 11.4. The molecule has 24 heavy (non-hydrogen) atoms. The molecule has 0 aliphatic carbocycles. The van der Waals surface area contributed by atoms with Crippen LogP contribution in [0.15, 0.2) is 0 Å². The molecule has 2 bridgehead atoms. The number of rotatable bonds is 7. The Balaban J connectivity index is 2.38. The fourth-order valence-corrected chi connectivity index (χ4v) is 4.26. The summed E-state index contributed by atoms with van der Waals surface area (Å²) < 4.78 is 0. The molecule has 0 N–H and O–H groups in total. The normalized spacial score (nSPS) is 26.3. The molecule has 2 aliphatic heterocycles. The zero-order valence-corrected chi connectivity index (χ0v) is 15.1. The third-order valence-electron chi connectivity index (χ3n) is 5.88. The van der Waals surface area contributed by atoms with Crippen LogP contribution in [0.2, 0.25) is 0 Å². The van der Waals surface area contributed by atoms with Crippen molar-refractivity contribution in [2.24, 2.45) is 17.3 Å². The van der Waals surface area contributed by atoms with Gasteiger partial charge in [0.2, 0.25) is 23.6 Å². The Kier molecular flexibility index (Phi) is 5.45. The first kappa shape index (κ1) is 18.6. The van der Waals surface area contributed by atoms with Gasteiger partial charge in [0, 0.05) is 19.0 Å². The number of nitrogens with zero attached hydrogens (tertiary/aromatic N) is 2. The lowest BCUT2D eigenvalue weighted by atomic mass is 9.57. The van der Waals surface area contributed by atoms with E-state index in [9.17, 15) is 19.2 Å². The quantitative estimate of drug-likeness (QED) is 0.405. The molecule has 2 fully saturated rings. The lowest BCUT2D eigenvalue weighted by Gasteiger charge is -2.53. The van der Waals surface area contributed by atoms with E-state index in [0.717, 1.165) is 24.2 Å². The van der Waals surface area contributed by atoms with Crippen LogP contribution in [0.1, 0.15) is 59.3 Å². The molecule has 0 radical (unpaired) electrons. The smallest absolute Gasteiger partial charge is 0.242 e. The monoisotopic (exact) mass is 336 g/mol. The maximum atomic E-state index is 13.0. The number of piperidine rings is 2. The van der Waals surface area contributed by atoms with E-state index in [1.807, 2.05) is 13.8 Å². The van der Waals surface area contributed by atoms with Gasteiger partial charge < -0.3 is 0 Å². The highest BCUT2D eigenvalue weighted by atomic mass is 16.2. The molecule has 0 saturated carbocycles. The summed E-state index contributed by atoms with van der Waals surface area (Å²) in [5, 5.41) is 0. The molecule has 6 nitrogen and oxygen atoms in total. The lowest BCUT2D eigenvalue weighted by molar-refractivity contribution is -0.186. The molecule has 0 aromatic carbocycles. The number of carbonyl (C=O) groups is 4. The van der Waals surface area contributed by atoms with Crippen molar-refractivity contribution in [2.75, 3.05) is 13.6 Å². The van der Waals surface area contributed by atoms with E-state index < -0.39 is 40.9 Å². The second-order valence-electron chi connectivity index (χ2n) is 6.93. The second kappa shape index (κ2) is 7.03. The van der Waals surface area contributed by atoms with Gasteiger partial charge in [-0.05, 0) is 19.3 Å². The van der Waals surface area contributed by atoms with E-state index in [2.05, 4.69) is 6.92 Å². The van der Waals surface area contributed by atoms with E-state index in [-0.39, 0.29) is 0 Å². The first-order valence-corrected chi connectivity index (χ1v) is 9.03. The highest BCUT2D eigenvalue weighted by Gasteiger charge is 2.66. The molecule has 2 saturated heterocycles. The zero-order valence-electron chi connectivity index (χ0n) is 15.1. The molecule has 2 atom stereocenters. The van der Waals surface area contributed by atoms with Crippen molar-refractivity contribution in [1.82, 2.24) is 9.80 Å². The molecule has 2 heterocycles. The third-order valence-corrected chi connectivity index (χ3v) is 5.88. The largest absolute Gasteiger partial charge is 0.284 e. The summed E-state index contributed by atoms with van der Waals surface area (Å²) in [4.78, 5) is 53.4. The van der Waals surface area contributed by atoms with Gasteiger partial charge in [-0.25, -0.2) is 0 Å². The van der Waals surface area contributed by atoms with Gasteiger partial charge in [-0.1, -0.05) is 40.0 Å². The summed E-state index contributed by atoms with van der Waals surface area (Å²) >= 11 is 0. The minimum Gasteiger partial charge on any atom is -0.284 e. The van der Waals surface area contributed by atoms with Crippen LogP contribution in [0.3, 0.4) is 0 Å². The number of fused-ring (bicyclic) bond motifs is 2. The predicted molar refractivity (Wildman–Crippen MR) is 88.6 cm³/mol. The van der Waals surface area contributed by atoms with Crippen molar-refractivity contribution >= 4 is 23.6 Å². The molecule has 0 unspecified atom stereocenters. The number of hydrogen-bond acceptors (Lipinski definition) is 4. The van der Waals surface area contributed by atoms with Gasteiger partial charge in [-0.15, -0.1) is 0 Å². The van der Waals surface area contributed by atoms with Crippen molar-refractivity contribution in [1.29, 1.82) is 0 Å². The van der Waals surface area contributed by atoms with E-state index in [4.69, 9.17) is 0 Å². The highest BCUT2D eigenvalue weighted by molar-refractivity contribution is 6.22. The molecule has 2 aliphatic rings. The van der Waals surface area contributed by atoms with E-state index in [1.54, 1.807) is 0 Å². The third kappa shape index (κ3) is 2.56. The Morgan fingerprint density at radius 1 is 0.792 bits per heavy atom. The van der Waals surface area contributed by atoms with Gasteiger partial charge >= 0.3 is 0 Å². The maximum absolute atomic E-state index is 13.0. The predicted octanol–water partition coefficient (Wildman–Crippen LogP) is 1.97. The van der Waals surface area contributed by atoms with Gasteiger partial charge in [0.15, 0.2) is 0 Å². The average Bonchev–Trinajstić information content (AvgIpc) is 2.57. The van der Waals surface area contributed by atoms with Crippen LogP contribution < -0.4 is 0 Å². The molecular weight excluding hydrogens is 308 g/mol. The van der Waals surface area contributed by atoms with E-state index >= 15 is 0 Å². The Bertz CT molecular complexity index is 515. The van der Waals surface area contributed by atoms with Crippen LogP contribution in [0, 0.1) is 17.3 Å². The molecule has 4 amide bonds. The molecular formula is C18H28N2O4. The number of likely N-dealkylation sites (tertiary alicyclic amines) is 2. The van der Waals surface area contributed by atoms with Crippen molar-refractivity contribution < 1.29 is 19.2 Å². The Labute approximate surface area is 143 Å². The van der Waals surface area contributed by atoms with Crippen molar-refractivity contribution in [3.8, 4) is 0 Å². The number of amides is 4. The van der Waals surface area contributed by atoms with Crippen LogP contribution in [-0.4, -0.2) is 47.0 Å². The summed E-state index contributed by atoms with van der Waals surface area (Å²) in [5.41, 5.74) is -0.866. The second-order valence-corrected chi connectivity index (χ2v) is 6.93. The first-order valence-electron chi connectivity index (χ1n) is 9.03. The van der Waals surface area contributed by atoms with Crippen molar-refractivity contribution in [3.63, 3.8) is 0 Å². The lowest BCUT2D eigenvalue weighted by Crippen LogP contribution is -2.71. The van der Waals surface area contributed by atoms with Gasteiger partial charge in [0.1, 0.15) is 11.8 Å². The van der Waals surface area contributed by atoms with E-state index in [1.165, 1.54) is 11.9 Å². The van der Waals surface area contributed by atoms with Crippen LogP contribution >= 0.6 is 0 Å². The SMILES string of the molecule is CCCCCCN1C(=O)[C@H]2C(=O)N(C)C(=O)[C@@H](C1=O)C2(CC)CC. The Hall–Kier alpha value is -1.72. The highest BCUT2D eigenvalue weighted by Crippen LogP contribution is 2.51. The molecule has 0 spiro atoms. The summed E-state index contributed by atoms with van der Waals surface area (Å²) in [6, 6.07) is 0. The standard InChI is InChI=1S/C18H28N2O4/c1-5-8-9-10-11-20-16(23)12-14(21)19(4)15(22)13(17(20)24)18(12,6-2)7-3/h12-13H,5-11H2,1-4H3/t12-,13+. The average molecular weight is 336 g/mol. The minimum atomic E-state index is -0.913. The van der Waals surface area contributed by atoms with Crippen molar-refractivity contribution in [3.05, 3.63) is 0 Å². The van der Waals surface area contributed by atoms with Gasteiger partial charge in [-0.3, -0.25) is 29.0 Å². The van der Waals surface area contributed by atoms with Crippen LogP contribution in [0.4, 0.5) is 0 Å². The summed E-state index contributed by atoms with van der Waals surface area (Å²) in [7, 11) is 1.37. The van der Waals surface area contributed by atoms with Crippen molar-refractivity contribution in [2.45, 2.75) is 59.3 Å². The molecule has 0 aromatic heterocycles. The van der Waals surface area contributed by atoms with E-state index in [0.29, 0.717) is 25.8 Å². The molecule has 6 heteroatoms. The molecule has 134 valence electrons. The summed E-state index contributed by atoms with van der Waals surface area (Å²) in [5.74, 6) is -3.58. The number of unbranched alkanes of at least 4 members (excludes halogenated alkanes) is 3. The Morgan fingerprint density at radius 3 is 1.71 bits per heavy atom. The maximum Gasteiger partial charge on any atom is 0.242 e. The number of hydrogen-bond donors (Lipinski definition) is 0. The zero-order chi connectivity index (χ0) is 18.1. The minimum absolute atomic E-state index is 0.304.